The van der Waals surface area contributed by atoms with Gasteiger partial charge in [0.2, 0.25) is 5.82 Å². The monoisotopic (exact) mass is 352 g/mol. The minimum atomic E-state index is 0.607. The van der Waals surface area contributed by atoms with Crippen molar-refractivity contribution in [1.29, 1.82) is 0 Å². The molecule has 0 atom stereocenters. The van der Waals surface area contributed by atoms with Crippen LogP contribution in [0.3, 0.4) is 0 Å². The molecule has 0 aliphatic rings. The zero-order valence-electron chi connectivity index (χ0n) is 14.4. The maximum atomic E-state index is 4.21. The van der Waals surface area contributed by atoms with Crippen molar-refractivity contribution in [3.05, 3.63) is 84.8 Å². The summed E-state index contributed by atoms with van der Waals surface area (Å²) in [6, 6.07) is 21.0. The van der Waals surface area contributed by atoms with Crippen LogP contribution in [0.15, 0.2) is 79.3 Å². The topological polar surface area (TPSA) is 72.3 Å². The van der Waals surface area contributed by atoms with Gasteiger partial charge in [0.05, 0.1) is 0 Å². The Morgan fingerprint density at radius 1 is 0.889 bits per heavy atom. The van der Waals surface area contributed by atoms with Crippen molar-refractivity contribution in [1.82, 2.24) is 30.2 Å². The van der Waals surface area contributed by atoms with E-state index in [-0.39, 0.29) is 0 Å². The van der Waals surface area contributed by atoms with Crippen molar-refractivity contribution in [2.45, 2.75) is 6.54 Å². The SMILES string of the molecule is c1cncc(-c2ccc3c(ccn3Cc3ccc(-c4nn[nH]n4)cc3)c2)c1. The fourth-order valence-electron chi connectivity index (χ4n) is 3.29. The van der Waals surface area contributed by atoms with Gasteiger partial charge in [-0.3, -0.25) is 4.98 Å². The molecule has 130 valence electrons. The summed E-state index contributed by atoms with van der Waals surface area (Å²) in [6.07, 6.45) is 5.82. The number of benzene rings is 2. The van der Waals surface area contributed by atoms with Crippen LogP contribution in [0.25, 0.3) is 33.4 Å². The number of H-pyrrole nitrogens is 1. The Labute approximate surface area is 155 Å². The van der Waals surface area contributed by atoms with Crippen LogP contribution in [0.5, 0.6) is 0 Å². The molecule has 0 saturated carbocycles. The number of hydrogen-bond acceptors (Lipinski definition) is 4. The molecule has 0 aliphatic carbocycles. The van der Waals surface area contributed by atoms with Crippen LogP contribution in [-0.4, -0.2) is 30.2 Å². The van der Waals surface area contributed by atoms with E-state index in [4.69, 9.17) is 0 Å². The summed E-state index contributed by atoms with van der Waals surface area (Å²) < 4.78 is 2.26. The van der Waals surface area contributed by atoms with Crippen LogP contribution in [0.1, 0.15) is 5.56 Å². The highest BCUT2D eigenvalue weighted by atomic mass is 15.5. The minimum Gasteiger partial charge on any atom is -0.343 e. The van der Waals surface area contributed by atoms with Crippen LogP contribution in [0, 0.1) is 0 Å². The first-order chi connectivity index (χ1) is 13.4. The van der Waals surface area contributed by atoms with Gasteiger partial charge in [-0.05, 0) is 40.6 Å². The summed E-state index contributed by atoms with van der Waals surface area (Å²) >= 11 is 0. The Morgan fingerprint density at radius 2 is 1.78 bits per heavy atom. The van der Waals surface area contributed by atoms with Crippen molar-refractivity contribution in [3.8, 4) is 22.5 Å². The predicted molar refractivity (Wildman–Crippen MR) is 104 cm³/mol. The number of nitrogens with one attached hydrogen (secondary N) is 1. The van der Waals surface area contributed by atoms with Crippen molar-refractivity contribution in [2.24, 2.45) is 0 Å². The van der Waals surface area contributed by atoms with E-state index in [1.54, 1.807) is 6.20 Å². The summed E-state index contributed by atoms with van der Waals surface area (Å²) in [6.45, 7) is 0.808. The quantitative estimate of drug-likeness (QED) is 0.532. The Bertz CT molecular complexity index is 1170. The zero-order chi connectivity index (χ0) is 18.1. The molecule has 0 fully saturated rings. The third-order valence-corrected chi connectivity index (χ3v) is 4.68. The van der Waals surface area contributed by atoms with E-state index in [0.717, 1.165) is 17.7 Å². The minimum absolute atomic E-state index is 0.607. The summed E-state index contributed by atoms with van der Waals surface area (Å²) in [5, 5.41) is 15.3. The van der Waals surface area contributed by atoms with E-state index in [1.807, 2.05) is 24.4 Å². The molecule has 0 saturated heterocycles. The smallest absolute Gasteiger partial charge is 0.204 e. The largest absolute Gasteiger partial charge is 0.343 e. The Kier molecular flexibility index (Phi) is 3.72. The third kappa shape index (κ3) is 2.97. The van der Waals surface area contributed by atoms with E-state index >= 15 is 0 Å². The molecule has 0 aliphatic heterocycles. The van der Waals surface area contributed by atoms with Gasteiger partial charge < -0.3 is 4.57 Å². The number of aromatic amines is 1. The molecule has 0 bridgehead atoms. The fraction of sp³-hybridized carbons (Fsp3) is 0.0476. The van der Waals surface area contributed by atoms with Crippen LogP contribution in [0.4, 0.5) is 0 Å². The molecule has 27 heavy (non-hydrogen) atoms. The van der Waals surface area contributed by atoms with Crippen molar-refractivity contribution < 1.29 is 0 Å². The van der Waals surface area contributed by atoms with E-state index in [9.17, 15) is 0 Å². The first-order valence-corrected chi connectivity index (χ1v) is 8.69. The summed E-state index contributed by atoms with van der Waals surface area (Å²) in [5.74, 6) is 0.607. The average Bonchev–Trinajstić information content (AvgIpc) is 3.40. The van der Waals surface area contributed by atoms with Crippen LogP contribution >= 0.6 is 0 Å². The summed E-state index contributed by atoms with van der Waals surface area (Å²) in [5.41, 5.74) is 5.69. The van der Waals surface area contributed by atoms with E-state index in [2.05, 4.69) is 78.8 Å². The molecule has 3 heterocycles. The molecular formula is C21H16N6. The third-order valence-electron chi connectivity index (χ3n) is 4.68. The zero-order valence-corrected chi connectivity index (χ0v) is 14.4. The Hall–Kier alpha value is -3.80. The van der Waals surface area contributed by atoms with Gasteiger partial charge in [-0.25, -0.2) is 0 Å². The number of nitrogens with zero attached hydrogens (tertiary/aromatic N) is 5. The summed E-state index contributed by atoms with van der Waals surface area (Å²) in [4.78, 5) is 4.21. The van der Waals surface area contributed by atoms with Gasteiger partial charge in [0.15, 0.2) is 0 Å². The normalized spacial score (nSPS) is 11.1. The van der Waals surface area contributed by atoms with E-state index in [1.165, 1.54) is 22.0 Å². The van der Waals surface area contributed by atoms with Gasteiger partial charge in [0.1, 0.15) is 0 Å². The van der Waals surface area contributed by atoms with Crippen molar-refractivity contribution in [3.63, 3.8) is 0 Å². The lowest BCUT2D eigenvalue weighted by atomic mass is 10.1. The molecule has 0 spiro atoms. The number of fused-ring (bicyclic) bond motifs is 1. The second-order valence-electron chi connectivity index (χ2n) is 6.39. The molecule has 5 aromatic rings. The van der Waals surface area contributed by atoms with Crippen molar-refractivity contribution in [2.75, 3.05) is 0 Å². The van der Waals surface area contributed by atoms with Crippen LogP contribution in [-0.2, 0) is 6.54 Å². The van der Waals surface area contributed by atoms with E-state index in [0.29, 0.717) is 5.82 Å². The maximum absolute atomic E-state index is 4.21. The average molecular weight is 352 g/mol. The number of pyridine rings is 1. The number of hydrogen-bond donors (Lipinski definition) is 1. The molecule has 6 heteroatoms. The second kappa shape index (κ2) is 6.49. The summed E-state index contributed by atoms with van der Waals surface area (Å²) in [7, 11) is 0. The van der Waals surface area contributed by atoms with Gasteiger partial charge in [-0.1, -0.05) is 36.4 Å². The van der Waals surface area contributed by atoms with Gasteiger partial charge in [0, 0.05) is 47.2 Å². The number of tetrazole rings is 1. The molecule has 5 rings (SSSR count). The number of aromatic nitrogens is 6. The molecule has 2 aromatic carbocycles. The fourth-order valence-corrected chi connectivity index (χ4v) is 3.29. The molecule has 0 radical (unpaired) electrons. The first-order valence-electron chi connectivity index (χ1n) is 8.69. The molecule has 0 unspecified atom stereocenters. The highest BCUT2D eigenvalue weighted by Gasteiger charge is 2.06. The molecule has 0 amide bonds. The lowest BCUT2D eigenvalue weighted by Crippen LogP contribution is -1.97. The van der Waals surface area contributed by atoms with Crippen LogP contribution < -0.4 is 0 Å². The highest BCUT2D eigenvalue weighted by molar-refractivity contribution is 5.85. The van der Waals surface area contributed by atoms with Gasteiger partial charge in [-0.2, -0.15) is 5.21 Å². The van der Waals surface area contributed by atoms with Crippen LogP contribution in [0.2, 0.25) is 0 Å². The van der Waals surface area contributed by atoms with Gasteiger partial charge in [-0.15, -0.1) is 10.2 Å². The molecule has 6 nitrogen and oxygen atoms in total. The predicted octanol–water partition coefficient (Wildman–Crippen LogP) is 3.93. The molecule has 3 aromatic heterocycles. The van der Waals surface area contributed by atoms with E-state index < -0.39 is 0 Å². The highest BCUT2D eigenvalue weighted by Crippen LogP contribution is 2.25. The van der Waals surface area contributed by atoms with Gasteiger partial charge in [0.25, 0.3) is 0 Å². The standard InChI is InChI=1S/C21H16N6/c1-2-19(13-22-10-1)17-7-8-20-18(12-17)9-11-27(20)14-15-3-5-16(6-4-15)21-23-25-26-24-21/h1-13H,14H2,(H,23,24,25,26). The molecule has 1 N–H and O–H groups in total. The number of rotatable bonds is 4. The maximum Gasteiger partial charge on any atom is 0.204 e. The molecular weight excluding hydrogens is 336 g/mol. The van der Waals surface area contributed by atoms with Gasteiger partial charge >= 0.3 is 0 Å². The Balaban J connectivity index is 1.42. The lowest BCUT2D eigenvalue weighted by Gasteiger charge is -2.07. The van der Waals surface area contributed by atoms with Crippen molar-refractivity contribution >= 4 is 10.9 Å². The lowest BCUT2D eigenvalue weighted by molar-refractivity contribution is 0.837. The first kappa shape index (κ1) is 15.5. The second-order valence-corrected chi connectivity index (χ2v) is 6.39. The Morgan fingerprint density at radius 3 is 2.56 bits per heavy atom.